The van der Waals surface area contributed by atoms with Gasteiger partial charge in [0.1, 0.15) is 0 Å². The molecule has 0 saturated carbocycles. The first-order valence-electron chi connectivity index (χ1n) is 7.90. The first kappa shape index (κ1) is 19.7. The number of benzene rings is 1. The lowest BCUT2D eigenvalue weighted by atomic mass is 10.0. The van der Waals surface area contributed by atoms with Crippen LogP contribution in [0.3, 0.4) is 0 Å². The van der Waals surface area contributed by atoms with E-state index in [-0.39, 0.29) is 17.5 Å². The van der Waals surface area contributed by atoms with E-state index >= 15 is 0 Å². The van der Waals surface area contributed by atoms with Gasteiger partial charge in [-0.05, 0) is 31.0 Å². The molecule has 0 heterocycles. The Bertz CT molecular complexity index is 669. The Hall–Kier alpha value is -2.39. The largest absolute Gasteiger partial charge is 0.465 e. The van der Waals surface area contributed by atoms with Crippen LogP contribution in [0.25, 0.3) is 0 Å². The molecule has 0 fully saturated rings. The molecule has 0 saturated heterocycles. The van der Waals surface area contributed by atoms with Gasteiger partial charge < -0.3 is 14.5 Å². The van der Waals surface area contributed by atoms with Crippen LogP contribution in [0, 0.1) is 18.3 Å². The fourth-order valence-corrected chi connectivity index (χ4v) is 2.64. The molecule has 0 spiro atoms. The number of nitrogens with zero attached hydrogens (tertiary/aromatic N) is 2. The molecule has 0 aliphatic heterocycles. The van der Waals surface area contributed by atoms with E-state index in [0.717, 1.165) is 12.8 Å². The number of carbonyl (C=O) groups excluding carboxylic acids is 2. The number of aryl methyl sites for hydroxylation is 1. The van der Waals surface area contributed by atoms with Crippen molar-refractivity contribution in [2.75, 3.05) is 33.6 Å². The van der Waals surface area contributed by atoms with Gasteiger partial charge in [-0.15, -0.1) is 0 Å². The average Bonchev–Trinajstić information content (AvgIpc) is 2.51. The lowest BCUT2D eigenvalue weighted by Gasteiger charge is -2.33. The Morgan fingerprint density at radius 3 is 2.42 bits per heavy atom. The van der Waals surface area contributed by atoms with Gasteiger partial charge in [0.15, 0.2) is 6.04 Å². The Kier molecular flexibility index (Phi) is 6.50. The van der Waals surface area contributed by atoms with E-state index in [0.29, 0.717) is 21.3 Å². The number of likely N-dealkylation sites (N-methyl/N-ethyl adjacent to an activating group) is 1. The molecule has 0 aliphatic rings. The first-order chi connectivity index (χ1) is 11.1. The summed E-state index contributed by atoms with van der Waals surface area (Å²) in [7, 11) is 7.17. The molecule has 130 valence electrons. The van der Waals surface area contributed by atoms with Crippen molar-refractivity contribution in [2.24, 2.45) is 0 Å². The normalized spacial score (nSPS) is 12.2. The number of hydrogen-bond acceptors (Lipinski definition) is 4. The van der Waals surface area contributed by atoms with E-state index in [1.165, 1.54) is 13.2 Å². The Labute approximate surface area is 143 Å². The summed E-state index contributed by atoms with van der Waals surface area (Å²) < 4.78 is 5.27. The van der Waals surface area contributed by atoms with Crippen molar-refractivity contribution in [3.05, 3.63) is 28.8 Å². The zero-order valence-corrected chi connectivity index (χ0v) is 15.3. The van der Waals surface area contributed by atoms with Crippen LogP contribution in [-0.2, 0) is 9.53 Å². The number of ether oxygens (including phenoxy) is 1. The minimum atomic E-state index is -0.581. The topological polar surface area (TPSA) is 79.2 Å². The first-order valence-corrected chi connectivity index (χ1v) is 7.90. The molecule has 0 radical (unpaired) electrons. The fourth-order valence-electron chi connectivity index (χ4n) is 2.64. The lowest BCUT2D eigenvalue weighted by molar-refractivity contribution is -0.886. The van der Waals surface area contributed by atoms with Crippen molar-refractivity contribution in [1.29, 1.82) is 5.26 Å². The molecule has 0 bridgehead atoms. The SMILES string of the molecule is CCCC(C(=O)Nc1c(C)cc(C#N)cc1C(=O)OC)[N+](C)(C)C. The predicted molar refractivity (Wildman–Crippen MR) is 92.6 cm³/mol. The molecule has 0 aliphatic carbocycles. The maximum Gasteiger partial charge on any atom is 0.340 e. The fraction of sp³-hybridized carbons (Fsp3) is 0.500. The number of hydrogen-bond donors (Lipinski definition) is 1. The Balaban J connectivity index is 3.29. The van der Waals surface area contributed by atoms with Crippen LogP contribution in [0.15, 0.2) is 12.1 Å². The van der Waals surface area contributed by atoms with Crippen molar-refractivity contribution in [3.8, 4) is 6.07 Å². The molecule has 1 aromatic carbocycles. The van der Waals surface area contributed by atoms with E-state index < -0.39 is 5.97 Å². The zero-order valence-electron chi connectivity index (χ0n) is 15.3. The molecule has 1 unspecified atom stereocenters. The number of rotatable bonds is 6. The maximum atomic E-state index is 12.8. The van der Waals surface area contributed by atoms with Gasteiger partial charge in [0, 0.05) is 6.42 Å². The molecule has 24 heavy (non-hydrogen) atoms. The second-order valence-electron chi connectivity index (χ2n) is 6.73. The number of carbonyl (C=O) groups is 2. The molecular formula is C18H26N3O3+. The number of quaternary nitrogens is 1. The molecule has 6 nitrogen and oxygen atoms in total. The molecule has 1 atom stereocenters. The van der Waals surface area contributed by atoms with Crippen molar-refractivity contribution < 1.29 is 18.8 Å². The van der Waals surface area contributed by atoms with Gasteiger partial charge in [0.05, 0.1) is 51.1 Å². The molecule has 0 aromatic heterocycles. The number of nitriles is 1. The van der Waals surface area contributed by atoms with Gasteiger partial charge in [0.25, 0.3) is 5.91 Å². The summed E-state index contributed by atoms with van der Waals surface area (Å²) in [6, 6.07) is 4.85. The summed E-state index contributed by atoms with van der Waals surface area (Å²) >= 11 is 0. The third-order valence-corrected chi connectivity index (χ3v) is 3.92. The second-order valence-corrected chi connectivity index (χ2v) is 6.73. The standard InChI is InChI=1S/C18H25N3O3/c1-7-8-15(21(3,4)5)17(22)20-16-12(2)9-13(11-19)10-14(16)18(23)24-6/h9-10,15H,7-8H2,1-6H3/p+1. The van der Waals surface area contributed by atoms with E-state index in [4.69, 9.17) is 10.00 Å². The van der Waals surface area contributed by atoms with Crippen LogP contribution in [0.1, 0.15) is 41.3 Å². The summed E-state index contributed by atoms with van der Waals surface area (Å²) in [5, 5.41) is 12.0. The third kappa shape index (κ3) is 4.56. The van der Waals surface area contributed by atoms with Crippen LogP contribution in [0.4, 0.5) is 5.69 Å². The maximum absolute atomic E-state index is 12.8. The van der Waals surface area contributed by atoms with E-state index in [1.54, 1.807) is 13.0 Å². The van der Waals surface area contributed by atoms with Crippen molar-refractivity contribution in [3.63, 3.8) is 0 Å². The molecular weight excluding hydrogens is 306 g/mol. The summed E-state index contributed by atoms with van der Waals surface area (Å²) in [5.74, 6) is -0.731. The zero-order chi connectivity index (χ0) is 18.5. The van der Waals surface area contributed by atoms with Gasteiger partial charge >= 0.3 is 5.97 Å². The summed E-state index contributed by atoms with van der Waals surface area (Å²) in [6.45, 7) is 3.78. The van der Waals surface area contributed by atoms with E-state index in [1.807, 2.05) is 34.1 Å². The summed E-state index contributed by atoms with van der Waals surface area (Å²) in [4.78, 5) is 24.8. The van der Waals surface area contributed by atoms with Crippen LogP contribution in [-0.4, -0.2) is 50.7 Å². The van der Waals surface area contributed by atoms with Crippen molar-refractivity contribution >= 4 is 17.6 Å². The highest BCUT2D eigenvalue weighted by molar-refractivity contribution is 6.03. The van der Waals surface area contributed by atoms with Crippen LogP contribution < -0.4 is 5.32 Å². The monoisotopic (exact) mass is 332 g/mol. The molecule has 1 aromatic rings. The van der Waals surface area contributed by atoms with E-state index in [2.05, 4.69) is 5.32 Å². The van der Waals surface area contributed by atoms with Crippen molar-refractivity contribution in [1.82, 2.24) is 0 Å². The lowest BCUT2D eigenvalue weighted by Crippen LogP contribution is -2.51. The molecule has 1 N–H and O–H groups in total. The number of nitrogens with one attached hydrogen (secondary N) is 1. The van der Waals surface area contributed by atoms with Crippen LogP contribution in [0.5, 0.6) is 0 Å². The number of methoxy groups -OCH3 is 1. The van der Waals surface area contributed by atoms with Gasteiger partial charge in [0.2, 0.25) is 0 Å². The quantitative estimate of drug-likeness (QED) is 0.641. The average molecular weight is 332 g/mol. The number of amides is 1. The highest BCUT2D eigenvalue weighted by Crippen LogP contribution is 2.25. The summed E-state index contributed by atoms with van der Waals surface area (Å²) in [6.07, 6.45) is 1.61. The third-order valence-electron chi connectivity index (χ3n) is 3.92. The molecule has 6 heteroatoms. The van der Waals surface area contributed by atoms with Crippen LogP contribution >= 0.6 is 0 Å². The van der Waals surface area contributed by atoms with E-state index in [9.17, 15) is 9.59 Å². The van der Waals surface area contributed by atoms with Gasteiger partial charge in [-0.1, -0.05) is 6.92 Å². The predicted octanol–water partition coefficient (Wildman–Crippen LogP) is 2.47. The molecule has 1 rings (SSSR count). The van der Waals surface area contributed by atoms with Gasteiger partial charge in [-0.2, -0.15) is 5.26 Å². The number of esters is 1. The van der Waals surface area contributed by atoms with Gasteiger partial charge in [-0.25, -0.2) is 4.79 Å². The van der Waals surface area contributed by atoms with Gasteiger partial charge in [-0.3, -0.25) is 4.79 Å². The minimum absolute atomic E-state index is 0.151. The second kappa shape index (κ2) is 7.93. The number of anilines is 1. The highest BCUT2D eigenvalue weighted by atomic mass is 16.5. The smallest absolute Gasteiger partial charge is 0.340 e. The Morgan fingerprint density at radius 1 is 1.33 bits per heavy atom. The molecule has 1 amide bonds. The van der Waals surface area contributed by atoms with Crippen molar-refractivity contribution in [2.45, 2.75) is 32.7 Å². The van der Waals surface area contributed by atoms with Crippen LogP contribution in [0.2, 0.25) is 0 Å². The minimum Gasteiger partial charge on any atom is -0.465 e. The highest BCUT2D eigenvalue weighted by Gasteiger charge is 2.31. The summed E-state index contributed by atoms with van der Waals surface area (Å²) in [5.41, 5.74) is 1.60. The Morgan fingerprint density at radius 2 is 1.96 bits per heavy atom.